The number of thiophene rings is 1. The standard InChI is InChI=1S/C18H18ClN3S/c1-11-7-9-12(10-8-11)20-16-15-13-5-3-2-4-6-14(13)23-17(15)22-18(19)21-16/h7-10H,2-6H2,1H3,(H,20,21,22). The molecule has 0 fully saturated rings. The van der Waals surface area contributed by atoms with Crippen LogP contribution >= 0.6 is 22.9 Å². The van der Waals surface area contributed by atoms with Crippen molar-refractivity contribution in [2.45, 2.75) is 39.0 Å². The maximum Gasteiger partial charge on any atom is 0.225 e. The van der Waals surface area contributed by atoms with E-state index in [9.17, 15) is 0 Å². The second-order valence-electron chi connectivity index (χ2n) is 6.08. The number of fused-ring (bicyclic) bond motifs is 3. The van der Waals surface area contributed by atoms with Crippen molar-refractivity contribution < 1.29 is 0 Å². The van der Waals surface area contributed by atoms with E-state index in [1.807, 2.05) is 0 Å². The normalized spacial score (nSPS) is 14.5. The van der Waals surface area contributed by atoms with Crippen molar-refractivity contribution in [1.82, 2.24) is 9.97 Å². The quantitative estimate of drug-likeness (QED) is 0.481. The van der Waals surface area contributed by atoms with E-state index in [0.29, 0.717) is 5.28 Å². The Bertz CT molecular complexity index is 855. The van der Waals surface area contributed by atoms with Crippen LogP contribution in [0.25, 0.3) is 10.2 Å². The minimum absolute atomic E-state index is 0.309. The SMILES string of the molecule is Cc1ccc(Nc2nc(Cl)nc3sc4c(c23)CCCCC4)cc1. The van der Waals surface area contributed by atoms with Crippen molar-refractivity contribution >= 4 is 44.7 Å². The van der Waals surface area contributed by atoms with Crippen LogP contribution in [0.3, 0.4) is 0 Å². The first kappa shape index (κ1) is 14.9. The van der Waals surface area contributed by atoms with Crippen LogP contribution in [0.2, 0.25) is 5.28 Å². The van der Waals surface area contributed by atoms with E-state index in [4.69, 9.17) is 11.6 Å². The summed E-state index contributed by atoms with van der Waals surface area (Å²) in [6, 6.07) is 8.33. The Morgan fingerprint density at radius 1 is 1.04 bits per heavy atom. The molecule has 2 heterocycles. The molecule has 118 valence electrons. The number of nitrogens with zero attached hydrogens (tertiary/aromatic N) is 2. The lowest BCUT2D eigenvalue weighted by molar-refractivity contribution is 0.713. The lowest BCUT2D eigenvalue weighted by atomic mass is 10.1. The molecule has 3 aromatic rings. The van der Waals surface area contributed by atoms with Crippen LogP contribution < -0.4 is 5.32 Å². The van der Waals surface area contributed by atoms with Gasteiger partial charge in [-0.1, -0.05) is 24.1 Å². The average molecular weight is 344 g/mol. The first-order valence-electron chi connectivity index (χ1n) is 8.02. The molecule has 0 saturated heterocycles. The minimum atomic E-state index is 0.309. The summed E-state index contributed by atoms with van der Waals surface area (Å²) in [5.41, 5.74) is 3.69. The number of aromatic nitrogens is 2. The van der Waals surface area contributed by atoms with Crippen LogP contribution in [0.5, 0.6) is 0 Å². The van der Waals surface area contributed by atoms with Crippen molar-refractivity contribution in [3.8, 4) is 0 Å². The summed E-state index contributed by atoms with van der Waals surface area (Å²) in [4.78, 5) is 11.4. The molecule has 0 spiro atoms. The number of benzene rings is 1. The second-order valence-corrected chi connectivity index (χ2v) is 7.50. The number of anilines is 2. The average Bonchev–Trinajstić information content (AvgIpc) is 2.71. The molecule has 0 unspecified atom stereocenters. The Kier molecular flexibility index (Phi) is 3.95. The largest absolute Gasteiger partial charge is 0.340 e. The molecular formula is C18H18ClN3S. The van der Waals surface area contributed by atoms with Crippen molar-refractivity contribution in [2.75, 3.05) is 5.32 Å². The first-order valence-corrected chi connectivity index (χ1v) is 9.21. The number of nitrogens with one attached hydrogen (secondary N) is 1. The fourth-order valence-corrected chi connectivity index (χ4v) is 4.65. The van der Waals surface area contributed by atoms with Crippen molar-refractivity contribution in [2.24, 2.45) is 0 Å². The molecule has 1 N–H and O–H groups in total. The zero-order chi connectivity index (χ0) is 15.8. The van der Waals surface area contributed by atoms with Gasteiger partial charge in [0, 0.05) is 10.6 Å². The van der Waals surface area contributed by atoms with Gasteiger partial charge in [-0.3, -0.25) is 0 Å². The Hall–Kier alpha value is -1.65. The summed E-state index contributed by atoms with van der Waals surface area (Å²) in [7, 11) is 0. The summed E-state index contributed by atoms with van der Waals surface area (Å²) in [5, 5.41) is 4.92. The van der Waals surface area contributed by atoms with Crippen LogP contribution in [0, 0.1) is 6.92 Å². The van der Waals surface area contributed by atoms with Gasteiger partial charge in [0.2, 0.25) is 5.28 Å². The molecule has 0 aliphatic heterocycles. The summed E-state index contributed by atoms with van der Waals surface area (Å²) in [6.07, 6.45) is 6.08. The lowest BCUT2D eigenvalue weighted by Gasteiger charge is -2.09. The fourth-order valence-electron chi connectivity index (χ4n) is 3.17. The third kappa shape index (κ3) is 2.93. The van der Waals surface area contributed by atoms with Gasteiger partial charge in [0.1, 0.15) is 10.6 Å². The Labute approximate surface area is 144 Å². The zero-order valence-corrected chi connectivity index (χ0v) is 14.6. The topological polar surface area (TPSA) is 37.8 Å². The zero-order valence-electron chi connectivity index (χ0n) is 13.0. The van der Waals surface area contributed by atoms with Gasteiger partial charge in [0.25, 0.3) is 0 Å². The van der Waals surface area contributed by atoms with Crippen LogP contribution in [0.15, 0.2) is 24.3 Å². The number of halogens is 1. The highest BCUT2D eigenvalue weighted by molar-refractivity contribution is 7.19. The predicted molar refractivity (Wildman–Crippen MR) is 98.1 cm³/mol. The highest BCUT2D eigenvalue weighted by Crippen LogP contribution is 2.39. The molecule has 0 saturated carbocycles. The number of aryl methyl sites for hydroxylation is 3. The van der Waals surface area contributed by atoms with Crippen LogP contribution in [0.1, 0.15) is 35.3 Å². The highest BCUT2D eigenvalue weighted by Gasteiger charge is 2.20. The molecule has 23 heavy (non-hydrogen) atoms. The molecule has 4 rings (SSSR count). The molecule has 0 amide bonds. The Morgan fingerprint density at radius 2 is 1.83 bits per heavy atom. The first-order chi connectivity index (χ1) is 11.2. The van der Waals surface area contributed by atoms with Gasteiger partial charge in [0.05, 0.1) is 5.39 Å². The molecule has 0 bridgehead atoms. The Balaban J connectivity index is 1.84. The van der Waals surface area contributed by atoms with E-state index in [-0.39, 0.29) is 0 Å². The maximum absolute atomic E-state index is 6.16. The van der Waals surface area contributed by atoms with Gasteiger partial charge < -0.3 is 5.32 Å². The molecule has 3 nitrogen and oxygen atoms in total. The molecule has 1 aliphatic rings. The summed E-state index contributed by atoms with van der Waals surface area (Å²) in [6.45, 7) is 2.09. The molecule has 2 aromatic heterocycles. The monoisotopic (exact) mass is 343 g/mol. The van der Waals surface area contributed by atoms with Gasteiger partial charge in [-0.05, 0) is 61.9 Å². The number of hydrogen-bond donors (Lipinski definition) is 1. The van der Waals surface area contributed by atoms with E-state index in [0.717, 1.165) is 34.6 Å². The number of hydrogen-bond acceptors (Lipinski definition) is 4. The summed E-state index contributed by atoms with van der Waals surface area (Å²) >= 11 is 7.93. The molecule has 0 atom stereocenters. The van der Waals surface area contributed by atoms with Crippen molar-refractivity contribution in [3.05, 3.63) is 45.6 Å². The summed E-state index contributed by atoms with van der Waals surface area (Å²) in [5.74, 6) is 0.836. The molecule has 1 aliphatic carbocycles. The molecule has 5 heteroatoms. The van der Waals surface area contributed by atoms with Crippen LogP contribution in [-0.2, 0) is 12.8 Å². The summed E-state index contributed by atoms with van der Waals surface area (Å²) < 4.78 is 0. The third-order valence-electron chi connectivity index (χ3n) is 4.35. The van der Waals surface area contributed by atoms with Gasteiger partial charge in [-0.15, -0.1) is 11.3 Å². The van der Waals surface area contributed by atoms with Crippen LogP contribution in [0.4, 0.5) is 11.5 Å². The lowest BCUT2D eigenvalue weighted by Crippen LogP contribution is -1.98. The fraction of sp³-hybridized carbons (Fsp3) is 0.333. The third-order valence-corrected chi connectivity index (χ3v) is 5.71. The number of rotatable bonds is 2. The van der Waals surface area contributed by atoms with Crippen molar-refractivity contribution in [3.63, 3.8) is 0 Å². The van der Waals surface area contributed by atoms with E-state index in [1.54, 1.807) is 11.3 Å². The van der Waals surface area contributed by atoms with Gasteiger partial charge in [0.15, 0.2) is 0 Å². The van der Waals surface area contributed by atoms with E-state index < -0.39 is 0 Å². The van der Waals surface area contributed by atoms with Gasteiger partial charge in [-0.25, -0.2) is 4.98 Å². The van der Waals surface area contributed by atoms with E-state index in [1.165, 1.54) is 35.3 Å². The van der Waals surface area contributed by atoms with Gasteiger partial charge >= 0.3 is 0 Å². The van der Waals surface area contributed by atoms with E-state index >= 15 is 0 Å². The molecule has 0 radical (unpaired) electrons. The van der Waals surface area contributed by atoms with E-state index in [2.05, 4.69) is 46.5 Å². The molecular weight excluding hydrogens is 326 g/mol. The van der Waals surface area contributed by atoms with Crippen molar-refractivity contribution in [1.29, 1.82) is 0 Å². The van der Waals surface area contributed by atoms with Crippen LogP contribution in [-0.4, -0.2) is 9.97 Å². The Morgan fingerprint density at radius 3 is 2.65 bits per heavy atom. The highest BCUT2D eigenvalue weighted by atomic mass is 35.5. The maximum atomic E-state index is 6.16. The predicted octanol–water partition coefficient (Wildman–Crippen LogP) is 5.67. The van der Waals surface area contributed by atoms with Gasteiger partial charge in [-0.2, -0.15) is 4.98 Å². The second kappa shape index (κ2) is 6.10. The smallest absolute Gasteiger partial charge is 0.225 e. The molecule has 1 aromatic carbocycles. The minimum Gasteiger partial charge on any atom is -0.340 e.